The first-order chi connectivity index (χ1) is 25.9. The largest absolute Gasteiger partial charge is 0.459 e. The van der Waals surface area contributed by atoms with Crippen molar-refractivity contribution in [2.45, 2.75) is 185 Å². The van der Waals surface area contributed by atoms with Crippen LogP contribution in [0.3, 0.4) is 0 Å². The fourth-order valence-corrected chi connectivity index (χ4v) is 9.12. The van der Waals surface area contributed by atoms with Gasteiger partial charge in [-0.2, -0.15) is 0 Å². The van der Waals surface area contributed by atoms with E-state index in [1.807, 2.05) is 39.8 Å². The summed E-state index contributed by atoms with van der Waals surface area (Å²) in [6.45, 7) is 22.2. The first kappa shape index (κ1) is 49.1. The molecule has 7 N–H and O–H groups in total. The topological polar surface area (TPSA) is 201 Å². The summed E-state index contributed by atoms with van der Waals surface area (Å²) in [5, 5.41) is 65.6. The Hall–Kier alpha value is -1.31. The molecule has 0 unspecified atom stereocenters. The third-order valence-electron chi connectivity index (χ3n) is 12.9. The lowest BCUT2D eigenvalue weighted by molar-refractivity contribution is -0.336. The molecule has 3 fully saturated rings. The van der Waals surface area contributed by atoms with Gasteiger partial charge in [0, 0.05) is 44.6 Å². The van der Waals surface area contributed by atoms with Crippen molar-refractivity contribution in [1.82, 2.24) is 15.5 Å². The molecule has 15 nitrogen and oxygen atoms in total. The van der Waals surface area contributed by atoms with Crippen molar-refractivity contribution in [2.24, 2.45) is 17.8 Å². The van der Waals surface area contributed by atoms with E-state index in [-0.39, 0.29) is 43.9 Å². The van der Waals surface area contributed by atoms with E-state index in [4.69, 9.17) is 28.4 Å². The van der Waals surface area contributed by atoms with E-state index in [1.54, 1.807) is 47.6 Å². The average molecular weight is 804 g/mol. The Morgan fingerprint density at radius 1 is 1.02 bits per heavy atom. The van der Waals surface area contributed by atoms with Gasteiger partial charge in [0.25, 0.3) is 0 Å². The Morgan fingerprint density at radius 2 is 1.66 bits per heavy atom. The minimum absolute atomic E-state index is 0.0680. The molecule has 328 valence electrons. The highest BCUT2D eigenvalue weighted by Gasteiger charge is 2.58. The van der Waals surface area contributed by atoms with E-state index < -0.39 is 95.5 Å². The Kier molecular flexibility index (Phi) is 17.4. The second-order valence-corrected chi connectivity index (χ2v) is 17.9. The van der Waals surface area contributed by atoms with Gasteiger partial charge in [0.2, 0.25) is 0 Å². The summed E-state index contributed by atoms with van der Waals surface area (Å²) in [6, 6.07) is -0.887. The van der Waals surface area contributed by atoms with Crippen LogP contribution in [0.5, 0.6) is 0 Å². The van der Waals surface area contributed by atoms with E-state index in [2.05, 4.69) is 17.2 Å². The molecule has 0 amide bonds. The first-order valence-corrected chi connectivity index (χ1v) is 20.5. The van der Waals surface area contributed by atoms with Gasteiger partial charge in [-0.05, 0) is 94.3 Å². The molecule has 3 saturated heterocycles. The molecule has 56 heavy (non-hydrogen) atoms. The summed E-state index contributed by atoms with van der Waals surface area (Å²) >= 11 is 0. The lowest BCUT2D eigenvalue weighted by atomic mass is 9.75. The smallest absolute Gasteiger partial charge is 0.311 e. The van der Waals surface area contributed by atoms with Crippen LogP contribution in [0.4, 0.5) is 0 Å². The second kappa shape index (κ2) is 19.8. The molecule has 0 aromatic rings. The lowest BCUT2D eigenvalue weighted by Gasteiger charge is -2.53. The van der Waals surface area contributed by atoms with Gasteiger partial charge < -0.3 is 69.5 Å². The Bertz CT molecular complexity index is 1260. The predicted octanol–water partition coefficient (Wildman–Crippen LogP) is 1.70. The number of ether oxygens (including phenoxy) is 6. The second-order valence-electron chi connectivity index (χ2n) is 17.9. The van der Waals surface area contributed by atoms with Gasteiger partial charge in [0.1, 0.15) is 35.1 Å². The molecule has 3 aliphatic rings. The van der Waals surface area contributed by atoms with Gasteiger partial charge in [-0.3, -0.25) is 4.79 Å². The number of likely N-dealkylation sites (N-methyl/N-ethyl adjacent to an activating group) is 1. The summed E-state index contributed by atoms with van der Waals surface area (Å²) < 4.78 is 38.2. The van der Waals surface area contributed by atoms with Crippen LogP contribution >= 0.6 is 0 Å². The van der Waals surface area contributed by atoms with E-state index in [1.165, 1.54) is 14.0 Å². The summed E-state index contributed by atoms with van der Waals surface area (Å²) in [5.41, 5.74) is -6.05. The van der Waals surface area contributed by atoms with Crippen LogP contribution in [0.2, 0.25) is 0 Å². The first-order valence-electron chi connectivity index (χ1n) is 20.5. The molecule has 18 atom stereocenters. The van der Waals surface area contributed by atoms with Crippen molar-refractivity contribution < 1.29 is 58.7 Å². The number of aliphatic hydroxyl groups excluding tert-OH is 2. The number of esters is 1. The molecular formula is C41H77N3O12. The van der Waals surface area contributed by atoms with Gasteiger partial charge >= 0.3 is 5.97 Å². The summed E-state index contributed by atoms with van der Waals surface area (Å²) in [6.07, 6.45) is -6.04. The minimum Gasteiger partial charge on any atom is -0.459 e. The molecule has 15 heteroatoms. The molecule has 0 radical (unpaired) electrons. The number of carbonyl (C=O) groups excluding carboxylic acids is 1. The molecule has 3 heterocycles. The minimum atomic E-state index is -1.82. The average Bonchev–Trinajstić information content (AvgIpc) is 3.12. The monoisotopic (exact) mass is 804 g/mol. The molecule has 0 spiro atoms. The number of aliphatic hydroxyl groups is 5. The highest BCUT2D eigenvalue weighted by atomic mass is 16.7. The van der Waals surface area contributed by atoms with Crippen molar-refractivity contribution >= 4 is 5.97 Å². The zero-order chi connectivity index (χ0) is 42.6. The van der Waals surface area contributed by atoms with Crippen LogP contribution in [-0.2, 0) is 33.2 Å². The van der Waals surface area contributed by atoms with E-state index in [9.17, 15) is 30.3 Å². The van der Waals surface area contributed by atoms with Crippen molar-refractivity contribution in [1.29, 1.82) is 0 Å². The quantitative estimate of drug-likeness (QED) is 0.0904. The maximum Gasteiger partial charge on any atom is 0.311 e. The highest BCUT2D eigenvalue weighted by molar-refractivity contribution is 5.73. The third-order valence-corrected chi connectivity index (χ3v) is 12.9. The fourth-order valence-electron chi connectivity index (χ4n) is 9.12. The third kappa shape index (κ3) is 10.9. The maximum atomic E-state index is 14.3. The number of methoxy groups -OCH3 is 1. The van der Waals surface area contributed by atoms with Crippen molar-refractivity contribution in [3.8, 4) is 0 Å². The van der Waals surface area contributed by atoms with Gasteiger partial charge in [-0.15, -0.1) is 6.58 Å². The van der Waals surface area contributed by atoms with Crippen LogP contribution in [-0.4, -0.2) is 167 Å². The maximum absolute atomic E-state index is 14.3. The summed E-state index contributed by atoms with van der Waals surface area (Å²) in [4.78, 5) is 16.2. The molecule has 0 aliphatic carbocycles. The van der Waals surface area contributed by atoms with Crippen LogP contribution in [0.1, 0.15) is 94.9 Å². The molecule has 0 bridgehead atoms. The summed E-state index contributed by atoms with van der Waals surface area (Å²) in [5.74, 6) is -2.70. The van der Waals surface area contributed by atoms with Gasteiger partial charge in [0.05, 0.1) is 35.9 Å². The van der Waals surface area contributed by atoms with Crippen LogP contribution in [0.25, 0.3) is 0 Å². The van der Waals surface area contributed by atoms with Crippen molar-refractivity contribution in [3.05, 3.63) is 12.7 Å². The van der Waals surface area contributed by atoms with Crippen molar-refractivity contribution in [3.63, 3.8) is 0 Å². The molecule has 3 aliphatic heterocycles. The van der Waals surface area contributed by atoms with Crippen LogP contribution < -0.4 is 10.6 Å². The number of hydrogen-bond acceptors (Lipinski definition) is 15. The SMILES string of the molecule is C=CCNC[C@@]1(O)[C@H](C)O[C@@H](O[C@H]2[C@H](C)[C@@H](O[C@@H]3O[C@H](C)C[C@H](N(C)C)[C@H]3O)[C@@](C)(O)C[C@@H](C)CN[C@H](C)[C@@H](O)[C@](C)(O)[C@@H](CC)OC(=O)[C@@H]2C)C[C@@]1(C)OC. The molecule has 0 aromatic carbocycles. The lowest BCUT2D eigenvalue weighted by Crippen LogP contribution is -2.70. The molecule has 0 aromatic heterocycles. The van der Waals surface area contributed by atoms with Crippen molar-refractivity contribution in [2.75, 3.05) is 40.8 Å². The number of cyclic esters (lactones) is 1. The highest BCUT2D eigenvalue weighted by Crippen LogP contribution is 2.43. The number of nitrogens with one attached hydrogen (secondary N) is 2. The van der Waals surface area contributed by atoms with E-state index >= 15 is 0 Å². The number of nitrogens with zero attached hydrogens (tertiary/aromatic N) is 1. The Morgan fingerprint density at radius 3 is 2.23 bits per heavy atom. The molecule has 3 rings (SSSR count). The zero-order valence-electron chi connectivity index (χ0n) is 36.4. The van der Waals surface area contributed by atoms with E-state index in [0.717, 1.165) is 0 Å². The Balaban J connectivity index is 2.16. The summed E-state index contributed by atoms with van der Waals surface area (Å²) in [7, 11) is 5.28. The van der Waals surface area contributed by atoms with Gasteiger partial charge in [-0.25, -0.2) is 0 Å². The molecule has 0 saturated carbocycles. The predicted molar refractivity (Wildman–Crippen MR) is 212 cm³/mol. The standard InChI is InChI=1S/C41H77N3O12/c1-15-17-42-22-41(50)28(8)53-31(20-39(41,10)51-14)55-33-25(5)35(56-37-32(45)29(44(12)13)18-24(4)52-37)38(9,48)19-23(3)21-43-27(7)34(46)40(11,49)30(16-2)54-36(47)26(33)6/h15,23-35,37,42-43,45-46,48-50H,1,16-22H2,2-14H3/t23-,24-,25+,26-,27-,28+,29+,30-,31+,32-,33+,34-,35-,37+,38+,39-,40-,41-/m1/s1. The number of hydrogen-bond donors (Lipinski definition) is 7. The van der Waals surface area contributed by atoms with Crippen LogP contribution in [0.15, 0.2) is 12.7 Å². The zero-order valence-corrected chi connectivity index (χ0v) is 36.4. The molecular weight excluding hydrogens is 726 g/mol. The Labute approximate surface area is 335 Å². The van der Waals surface area contributed by atoms with Gasteiger partial charge in [0.15, 0.2) is 12.6 Å². The number of rotatable bonds is 11. The normalized spacial score (nSPS) is 47.8. The van der Waals surface area contributed by atoms with Gasteiger partial charge in [-0.1, -0.05) is 26.8 Å². The number of carbonyl (C=O) groups is 1. The van der Waals surface area contributed by atoms with E-state index in [0.29, 0.717) is 19.5 Å². The van der Waals surface area contributed by atoms with Crippen LogP contribution in [0, 0.1) is 17.8 Å². The fraction of sp³-hybridized carbons (Fsp3) is 0.927.